The van der Waals surface area contributed by atoms with Crippen molar-refractivity contribution >= 4 is 11.8 Å². The second kappa shape index (κ2) is 4.18. The molecule has 0 saturated heterocycles. The van der Waals surface area contributed by atoms with Crippen LogP contribution in [0.3, 0.4) is 0 Å². The van der Waals surface area contributed by atoms with Gasteiger partial charge in [-0.15, -0.1) is 11.8 Å². The lowest BCUT2D eigenvalue weighted by Gasteiger charge is -2.05. The first-order valence-electron chi connectivity index (χ1n) is 5.85. The first-order valence-corrected chi connectivity index (χ1v) is 7.08. The molecule has 88 valence electrons. The molecule has 0 bridgehead atoms. The molecule has 1 saturated carbocycles. The van der Waals surface area contributed by atoms with Gasteiger partial charge in [0, 0.05) is 10.5 Å². The molecular weight excluding hydrogens is 230 g/mol. The Morgan fingerprint density at radius 2 is 2.18 bits per heavy atom. The predicted molar refractivity (Wildman–Crippen MR) is 70.2 cm³/mol. The van der Waals surface area contributed by atoms with E-state index in [1.54, 1.807) is 11.8 Å². The van der Waals surface area contributed by atoms with E-state index in [0.717, 1.165) is 11.6 Å². The van der Waals surface area contributed by atoms with E-state index in [2.05, 4.69) is 45.3 Å². The minimum absolute atomic E-state index is 0.573. The lowest BCUT2D eigenvalue weighted by molar-refractivity contribution is 0.642. The third-order valence-corrected chi connectivity index (χ3v) is 3.68. The standard InChI is InChI=1S/C13H15N3S/c1-9-14-13(16(15-9)11-6-7-11)10-4-3-5-12(8-10)17-2/h3-5,8,11H,6-7H2,1-2H3. The van der Waals surface area contributed by atoms with E-state index in [0.29, 0.717) is 6.04 Å². The van der Waals surface area contributed by atoms with Crippen molar-refractivity contribution in [2.45, 2.75) is 30.7 Å². The van der Waals surface area contributed by atoms with Gasteiger partial charge in [-0.25, -0.2) is 9.67 Å². The van der Waals surface area contributed by atoms with Crippen LogP contribution in [0, 0.1) is 6.92 Å². The highest BCUT2D eigenvalue weighted by atomic mass is 32.2. The van der Waals surface area contributed by atoms with Crippen molar-refractivity contribution in [2.75, 3.05) is 6.26 Å². The van der Waals surface area contributed by atoms with Crippen molar-refractivity contribution in [3.63, 3.8) is 0 Å². The van der Waals surface area contributed by atoms with Crippen molar-refractivity contribution in [2.24, 2.45) is 0 Å². The minimum Gasteiger partial charge on any atom is -0.242 e. The van der Waals surface area contributed by atoms with Gasteiger partial charge in [0.15, 0.2) is 5.82 Å². The molecule has 1 fully saturated rings. The second-order valence-electron chi connectivity index (χ2n) is 4.39. The summed E-state index contributed by atoms with van der Waals surface area (Å²) in [7, 11) is 0. The summed E-state index contributed by atoms with van der Waals surface area (Å²) in [6.07, 6.45) is 4.56. The third-order valence-electron chi connectivity index (χ3n) is 2.96. The van der Waals surface area contributed by atoms with Crippen LogP contribution in [-0.4, -0.2) is 21.0 Å². The van der Waals surface area contributed by atoms with Crippen molar-refractivity contribution in [3.05, 3.63) is 30.1 Å². The van der Waals surface area contributed by atoms with Crippen LogP contribution < -0.4 is 0 Å². The van der Waals surface area contributed by atoms with Gasteiger partial charge in [0.25, 0.3) is 0 Å². The molecule has 0 aliphatic heterocycles. The Kier molecular flexibility index (Phi) is 2.67. The van der Waals surface area contributed by atoms with Crippen LogP contribution in [0.1, 0.15) is 24.7 Å². The average molecular weight is 245 g/mol. The van der Waals surface area contributed by atoms with Gasteiger partial charge in [0.1, 0.15) is 5.82 Å². The third kappa shape index (κ3) is 2.09. The summed E-state index contributed by atoms with van der Waals surface area (Å²) >= 11 is 1.76. The van der Waals surface area contributed by atoms with Gasteiger partial charge in [-0.2, -0.15) is 5.10 Å². The quantitative estimate of drug-likeness (QED) is 0.777. The lowest BCUT2D eigenvalue weighted by Crippen LogP contribution is -1.99. The molecule has 0 atom stereocenters. The molecule has 0 unspecified atom stereocenters. The Morgan fingerprint density at radius 1 is 1.35 bits per heavy atom. The Labute approximate surface area is 105 Å². The zero-order valence-electron chi connectivity index (χ0n) is 10.1. The summed E-state index contributed by atoms with van der Waals surface area (Å²) < 4.78 is 2.09. The van der Waals surface area contributed by atoms with Crippen LogP contribution in [0.2, 0.25) is 0 Å². The molecule has 1 aromatic carbocycles. The molecule has 17 heavy (non-hydrogen) atoms. The maximum absolute atomic E-state index is 4.56. The van der Waals surface area contributed by atoms with Crippen LogP contribution >= 0.6 is 11.8 Å². The van der Waals surface area contributed by atoms with E-state index >= 15 is 0 Å². The molecule has 1 heterocycles. The number of hydrogen-bond acceptors (Lipinski definition) is 3. The van der Waals surface area contributed by atoms with E-state index in [1.807, 2.05) is 6.92 Å². The van der Waals surface area contributed by atoms with Gasteiger partial charge in [0.2, 0.25) is 0 Å². The average Bonchev–Trinajstić information content (AvgIpc) is 3.12. The molecule has 0 spiro atoms. The molecule has 0 amide bonds. The molecular formula is C13H15N3S. The van der Waals surface area contributed by atoms with Crippen LogP contribution in [0.15, 0.2) is 29.2 Å². The molecule has 1 aromatic heterocycles. The summed E-state index contributed by atoms with van der Waals surface area (Å²) in [6.45, 7) is 1.96. The zero-order valence-corrected chi connectivity index (χ0v) is 10.9. The van der Waals surface area contributed by atoms with Crippen LogP contribution in [-0.2, 0) is 0 Å². The largest absolute Gasteiger partial charge is 0.242 e. The fourth-order valence-corrected chi connectivity index (χ4v) is 2.42. The van der Waals surface area contributed by atoms with Gasteiger partial charge < -0.3 is 0 Å². The van der Waals surface area contributed by atoms with Crippen LogP contribution in [0.5, 0.6) is 0 Å². The highest BCUT2D eigenvalue weighted by Gasteiger charge is 2.28. The van der Waals surface area contributed by atoms with Crippen molar-refractivity contribution in [1.29, 1.82) is 0 Å². The first-order chi connectivity index (χ1) is 8.28. The summed E-state index contributed by atoms with van der Waals surface area (Å²) in [5.74, 6) is 1.88. The summed E-state index contributed by atoms with van der Waals surface area (Å²) in [6, 6.07) is 9.08. The smallest absolute Gasteiger partial charge is 0.158 e. The molecule has 2 aromatic rings. The van der Waals surface area contributed by atoms with Crippen LogP contribution in [0.4, 0.5) is 0 Å². The fourth-order valence-electron chi connectivity index (χ4n) is 1.96. The van der Waals surface area contributed by atoms with Crippen molar-refractivity contribution < 1.29 is 0 Å². The second-order valence-corrected chi connectivity index (χ2v) is 5.27. The predicted octanol–water partition coefficient (Wildman–Crippen LogP) is 3.31. The SMILES string of the molecule is CSc1cccc(-c2nc(C)nn2C2CC2)c1. The zero-order chi connectivity index (χ0) is 11.8. The Morgan fingerprint density at radius 3 is 2.88 bits per heavy atom. The molecule has 1 aliphatic rings. The number of thioether (sulfide) groups is 1. The lowest BCUT2D eigenvalue weighted by atomic mass is 10.2. The number of hydrogen-bond donors (Lipinski definition) is 0. The van der Waals surface area contributed by atoms with Gasteiger partial charge in [-0.3, -0.25) is 0 Å². The molecule has 0 N–H and O–H groups in total. The summed E-state index contributed by atoms with van der Waals surface area (Å²) in [5, 5.41) is 4.50. The Bertz CT molecular complexity index is 543. The van der Waals surface area contributed by atoms with Crippen molar-refractivity contribution in [3.8, 4) is 11.4 Å². The van der Waals surface area contributed by atoms with Gasteiger partial charge >= 0.3 is 0 Å². The highest BCUT2D eigenvalue weighted by molar-refractivity contribution is 7.98. The summed E-state index contributed by atoms with van der Waals surface area (Å²) in [4.78, 5) is 5.83. The van der Waals surface area contributed by atoms with Gasteiger partial charge in [0.05, 0.1) is 6.04 Å². The minimum atomic E-state index is 0.573. The topological polar surface area (TPSA) is 30.7 Å². The number of rotatable bonds is 3. The molecule has 3 nitrogen and oxygen atoms in total. The van der Waals surface area contributed by atoms with Gasteiger partial charge in [-0.1, -0.05) is 12.1 Å². The van der Waals surface area contributed by atoms with E-state index in [1.165, 1.54) is 23.3 Å². The Balaban J connectivity index is 2.07. The molecule has 4 heteroatoms. The normalized spacial score (nSPS) is 15.2. The van der Waals surface area contributed by atoms with Crippen molar-refractivity contribution in [1.82, 2.24) is 14.8 Å². The summed E-state index contributed by atoms with van der Waals surface area (Å²) in [5.41, 5.74) is 1.17. The molecule has 1 aliphatic carbocycles. The number of aromatic nitrogens is 3. The van der Waals surface area contributed by atoms with E-state index in [-0.39, 0.29) is 0 Å². The Hall–Kier alpha value is -1.29. The highest BCUT2D eigenvalue weighted by Crippen LogP contribution is 2.37. The molecule has 0 radical (unpaired) electrons. The maximum Gasteiger partial charge on any atom is 0.158 e. The first kappa shape index (κ1) is 10.8. The number of aryl methyl sites for hydroxylation is 1. The van der Waals surface area contributed by atoms with Crippen LogP contribution in [0.25, 0.3) is 11.4 Å². The number of benzene rings is 1. The monoisotopic (exact) mass is 245 g/mol. The van der Waals surface area contributed by atoms with E-state index < -0.39 is 0 Å². The maximum atomic E-state index is 4.56. The van der Waals surface area contributed by atoms with E-state index in [4.69, 9.17) is 0 Å². The molecule has 3 rings (SSSR count). The fraction of sp³-hybridized carbons (Fsp3) is 0.385. The van der Waals surface area contributed by atoms with E-state index in [9.17, 15) is 0 Å². The number of nitrogens with zero attached hydrogens (tertiary/aromatic N) is 3. The van der Waals surface area contributed by atoms with Gasteiger partial charge in [-0.05, 0) is 38.2 Å².